The van der Waals surface area contributed by atoms with E-state index in [1.54, 1.807) is 31.2 Å². The number of amides is 1. The van der Waals surface area contributed by atoms with Gasteiger partial charge < -0.3 is 9.47 Å². The van der Waals surface area contributed by atoms with Gasteiger partial charge in [-0.25, -0.2) is 4.79 Å². The smallest absolute Gasteiger partial charge is 0.411 e. The van der Waals surface area contributed by atoms with Crippen molar-refractivity contribution in [3.8, 4) is 11.5 Å². The van der Waals surface area contributed by atoms with Crippen LogP contribution in [0.1, 0.15) is 6.92 Å². The number of halogens is 1. The fourth-order valence-electron chi connectivity index (χ4n) is 1.53. The van der Waals surface area contributed by atoms with Crippen LogP contribution < -0.4 is 10.1 Å². The third-order valence-corrected chi connectivity index (χ3v) is 2.95. The SMILES string of the molecule is CCOC(=O)Nc1ccc(Oc2ccc(Br)cc2)cc1. The summed E-state index contributed by atoms with van der Waals surface area (Å²) in [5.41, 5.74) is 0.659. The van der Waals surface area contributed by atoms with Crippen molar-refractivity contribution in [2.45, 2.75) is 6.92 Å². The molecule has 1 N–H and O–H groups in total. The largest absolute Gasteiger partial charge is 0.457 e. The van der Waals surface area contributed by atoms with Gasteiger partial charge in [-0.2, -0.15) is 0 Å². The summed E-state index contributed by atoms with van der Waals surface area (Å²) in [6, 6.07) is 14.6. The number of hydrogen-bond acceptors (Lipinski definition) is 3. The summed E-state index contributed by atoms with van der Waals surface area (Å²) in [6.07, 6.45) is -0.464. The van der Waals surface area contributed by atoms with E-state index >= 15 is 0 Å². The molecule has 2 aromatic carbocycles. The highest BCUT2D eigenvalue weighted by molar-refractivity contribution is 9.10. The van der Waals surface area contributed by atoms with E-state index in [9.17, 15) is 4.79 Å². The summed E-state index contributed by atoms with van der Waals surface area (Å²) in [5, 5.41) is 2.62. The highest BCUT2D eigenvalue weighted by Crippen LogP contribution is 2.24. The molecule has 1 amide bonds. The van der Waals surface area contributed by atoms with Gasteiger partial charge in [-0.05, 0) is 55.5 Å². The van der Waals surface area contributed by atoms with Crippen molar-refractivity contribution < 1.29 is 14.3 Å². The first-order valence-electron chi connectivity index (χ1n) is 6.14. The highest BCUT2D eigenvalue weighted by atomic mass is 79.9. The molecule has 20 heavy (non-hydrogen) atoms. The minimum atomic E-state index is -0.464. The topological polar surface area (TPSA) is 47.6 Å². The minimum Gasteiger partial charge on any atom is -0.457 e. The maximum atomic E-state index is 11.3. The van der Waals surface area contributed by atoms with Gasteiger partial charge in [-0.15, -0.1) is 0 Å². The zero-order chi connectivity index (χ0) is 14.4. The fraction of sp³-hybridized carbons (Fsp3) is 0.133. The maximum Gasteiger partial charge on any atom is 0.411 e. The van der Waals surface area contributed by atoms with Crippen molar-refractivity contribution in [3.05, 3.63) is 53.0 Å². The van der Waals surface area contributed by atoms with Crippen LogP contribution in [0.3, 0.4) is 0 Å². The second-order valence-electron chi connectivity index (χ2n) is 3.93. The molecule has 2 rings (SSSR count). The van der Waals surface area contributed by atoms with Gasteiger partial charge in [0.2, 0.25) is 0 Å². The van der Waals surface area contributed by atoms with Crippen molar-refractivity contribution in [1.82, 2.24) is 0 Å². The van der Waals surface area contributed by atoms with Crippen molar-refractivity contribution in [2.24, 2.45) is 0 Å². The fourth-order valence-corrected chi connectivity index (χ4v) is 1.79. The standard InChI is InChI=1S/C15H14BrNO3/c1-2-19-15(18)17-12-5-9-14(10-6-12)20-13-7-3-11(16)4-8-13/h3-10H,2H2,1H3,(H,17,18). The zero-order valence-corrected chi connectivity index (χ0v) is 12.5. The summed E-state index contributed by atoms with van der Waals surface area (Å²) in [7, 11) is 0. The Morgan fingerprint density at radius 3 is 2.15 bits per heavy atom. The van der Waals surface area contributed by atoms with Crippen LogP contribution in [0.5, 0.6) is 11.5 Å². The molecule has 0 aliphatic rings. The van der Waals surface area contributed by atoms with Crippen LogP contribution in [0.25, 0.3) is 0 Å². The molecule has 0 fully saturated rings. The van der Waals surface area contributed by atoms with E-state index < -0.39 is 6.09 Å². The normalized spacial score (nSPS) is 9.90. The number of benzene rings is 2. The van der Waals surface area contributed by atoms with Gasteiger partial charge in [0.05, 0.1) is 6.61 Å². The van der Waals surface area contributed by atoms with Crippen LogP contribution in [0, 0.1) is 0 Å². The second kappa shape index (κ2) is 6.96. The van der Waals surface area contributed by atoms with E-state index in [0.29, 0.717) is 18.0 Å². The summed E-state index contributed by atoms with van der Waals surface area (Å²) >= 11 is 3.37. The van der Waals surface area contributed by atoms with Crippen molar-refractivity contribution in [1.29, 1.82) is 0 Å². The minimum absolute atomic E-state index is 0.344. The molecule has 0 atom stereocenters. The van der Waals surface area contributed by atoms with Crippen molar-refractivity contribution >= 4 is 27.7 Å². The molecule has 0 aliphatic heterocycles. The average molecular weight is 336 g/mol. The van der Waals surface area contributed by atoms with Crippen LogP contribution in [-0.4, -0.2) is 12.7 Å². The predicted molar refractivity (Wildman–Crippen MR) is 81.3 cm³/mol. The quantitative estimate of drug-likeness (QED) is 0.872. The Bertz CT molecular complexity index is 567. The van der Waals surface area contributed by atoms with Crippen LogP contribution in [0.4, 0.5) is 10.5 Å². The third kappa shape index (κ3) is 4.28. The lowest BCUT2D eigenvalue weighted by Gasteiger charge is -2.08. The molecule has 0 unspecified atom stereocenters. The monoisotopic (exact) mass is 335 g/mol. The molecular formula is C15H14BrNO3. The summed E-state index contributed by atoms with van der Waals surface area (Å²) in [5.74, 6) is 1.45. The van der Waals surface area contributed by atoms with E-state index in [-0.39, 0.29) is 0 Å². The van der Waals surface area contributed by atoms with E-state index in [1.807, 2.05) is 24.3 Å². The van der Waals surface area contributed by atoms with Gasteiger partial charge in [-0.3, -0.25) is 5.32 Å². The number of hydrogen-bond donors (Lipinski definition) is 1. The van der Waals surface area contributed by atoms with Gasteiger partial charge in [0, 0.05) is 10.2 Å². The molecule has 0 spiro atoms. The van der Waals surface area contributed by atoms with E-state index in [0.717, 1.165) is 10.2 Å². The Labute approximate surface area is 125 Å². The number of carbonyl (C=O) groups is 1. The third-order valence-electron chi connectivity index (χ3n) is 2.43. The molecule has 0 bridgehead atoms. The predicted octanol–water partition coefficient (Wildman–Crippen LogP) is 4.81. The Hall–Kier alpha value is -2.01. The van der Waals surface area contributed by atoms with Gasteiger partial charge >= 0.3 is 6.09 Å². The molecule has 0 radical (unpaired) electrons. The molecule has 0 saturated heterocycles. The molecule has 5 heteroatoms. The molecule has 2 aromatic rings. The van der Waals surface area contributed by atoms with Crippen LogP contribution >= 0.6 is 15.9 Å². The number of ether oxygens (including phenoxy) is 2. The summed E-state index contributed by atoms with van der Waals surface area (Å²) in [6.45, 7) is 2.10. The van der Waals surface area contributed by atoms with Gasteiger partial charge in [0.25, 0.3) is 0 Å². The molecule has 0 aliphatic carbocycles. The lowest BCUT2D eigenvalue weighted by atomic mass is 10.3. The van der Waals surface area contributed by atoms with Crippen LogP contribution in [-0.2, 0) is 4.74 Å². The molecule has 0 saturated carbocycles. The number of carbonyl (C=O) groups excluding carboxylic acids is 1. The highest BCUT2D eigenvalue weighted by Gasteiger charge is 2.02. The van der Waals surface area contributed by atoms with Crippen LogP contribution in [0.15, 0.2) is 53.0 Å². The van der Waals surface area contributed by atoms with Gasteiger partial charge in [0.15, 0.2) is 0 Å². The first kappa shape index (κ1) is 14.4. The zero-order valence-electron chi connectivity index (χ0n) is 10.9. The first-order chi connectivity index (χ1) is 9.67. The van der Waals surface area contributed by atoms with Gasteiger partial charge in [-0.1, -0.05) is 15.9 Å². The Balaban J connectivity index is 1.97. The van der Waals surface area contributed by atoms with Gasteiger partial charge in [0.1, 0.15) is 11.5 Å². The Morgan fingerprint density at radius 2 is 1.60 bits per heavy atom. The lowest BCUT2D eigenvalue weighted by Crippen LogP contribution is -2.12. The van der Waals surface area contributed by atoms with E-state index in [1.165, 1.54) is 0 Å². The summed E-state index contributed by atoms with van der Waals surface area (Å²) < 4.78 is 11.5. The maximum absolute atomic E-state index is 11.3. The number of nitrogens with one attached hydrogen (secondary N) is 1. The molecule has 0 heterocycles. The van der Waals surface area contributed by atoms with Crippen molar-refractivity contribution in [3.63, 3.8) is 0 Å². The second-order valence-corrected chi connectivity index (χ2v) is 4.84. The Kier molecular flexibility index (Phi) is 5.01. The molecule has 0 aromatic heterocycles. The molecular weight excluding hydrogens is 322 g/mol. The number of anilines is 1. The van der Waals surface area contributed by atoms with E-state index in [4.69, 9.17) is 9.47 Å². The Morgan fingerprint density at radius 1 is 1.05 bits per heavy atom. The van der Waals surface area contributed by atoms with Crippen molar-refractivity contribution in [2.75, 3.05) is 11.9 Å². The molecule has 104 valence electrons. The molecule has 4 nitrogen and oxygen atoms in total. The average Bonchev–Trinajstić information content (AvgIpc) is 2.44. The van der Waals surface area contributed by atoms with E-state index in [2.05, 4.69) is 21.2 Å². The van der Waals surface area contributed by atoms with Crippen LogP contribution in [0.2, 0.25) is 0 Å². The lowest BCUT2D eigenvalue weighted by molar-refractivity contribution is 0.168. The first-order valence-corrected chi connectivity index (χ1v) is 6.94. The summed E-state index contributed by atoms with van der Waals surface area (Å²) in [4.78, 5) is 11.3. The number of rotatable bonds is 4.